The van der Waals surface area contributed by atoms with Crippen molar-refractivity contribution in [1.29, 1.82) is 0 Å². The highest BCUT2D eigenvalue weighted by Crippen LogP contribution is 2.33. The molecular formula is C24H16Cl2N6O3S. The average molecular weight is 539 g/mol. The van der Waals surface area contributed by atoms with E-state index < -0.39 is 10.8 Å². The second-order valence-electron chi connectivity index (χ2n) is 7.62. The van der Waals surface area contributed by atoms with E-state index in [1.165, 1.54) is 30.0 Å². The van der Waals surface area contributed by atoms with Gasteiger partial charge in [0.1, 0.15) is 0 Å². The fraction of sp³-hybridized carbons (Fsp3) is 0.0417. The molecule has 0 aliphatic carbocycles. The Bertz CT molecular complexity index is 1600. The van der Waals surface area contributed by atoms with Gasteiger partial charge in [-0.25, -0.2) is 0 Å². The van der Waals surface area contributed by atoms with Gasteiger partial charge in [-0.2, -0.15) is 0 Å². The summed E-state index contributed by atoms with van der Waals surface area (Å²) in [7, 11) is 0. The fourth-order valence-electron chi connectivity index (χ4n) is 3.66. The summed E-state index contributed by atoms with van der Waals surface area (Å²) >= 11 is 13.4. The van der Waals surface area contributed by atoms with Crippen molar-refractivity contribution in [3.63, 3.8) is 0 Å². The number of carbonyl (C=O) groups excluding carboxylic acids is 1. The van der Waals surface area contributed by atoms with Gasteiger partial charge in [0.25, 0.3) is 5.69 Å². The maximum absolute atomic E-state index is 12.7. The molecule has 0 saturated heterocycles. The lowest BCUT2D eigenvalue weighted by molar-refractivity contribution is -0.384. The van der Waals surface area contributed by atoms with Crippen molar-refractivity contribution >= 4 is 63.1 Å². The molecule has 3 aromatic carbocycles. The number of fused-ring (bicyclic) bond motifs is 1. The normalized spacial score (nSPS) is 11.1. The number of H-pyrrole nitrogens is 1. The van der Waals surface area contributed by atoms with Crippen molar-refractivity contribution < 1.29 is 9.72 Å². The Morgan fingerprint density at radius 2 is 1.86 bits per heavy atom. The number of non-ortho nitro benzene ring substituents is 1. The zero-order valence-electron chi connectivity index (χ0n) is 18.3. The van der Waals surface area contributed by atoms with Crippen molar-refractivity contribution in [1.82, 2.24) is 19.7 Å². The molecule has 36 heavy (non-hydrogen) atoms. The third-order valence-electron chi connectivity index (χ3n) is 5.32. The zero-order valence-corrected chi connectivity index (χ0v) is 20.6. The van der Waals surface area contributed by atoms with Crippen molar-refractivity contribution in [2.45, 2.75) is 5.16 Å². The maximum Gasteiger partial charge on any atom is 0.271 e. The topological polar surface area (TPSA) is 119 Å². The molecule has 0 bridgehead atoms. The number of anilines is 1. The number of nitrogens with zero attached hydrogens (tertiary/aromatic N) is 4. The smallest absolute Gasteiger partial charge is 0.271 e. The Labute approximate surface area is 218 Å². The predicted molar refractivity (Wildman–Crippen MR) is 141 cm³/mol. The van der Waals surface area contributed by atoms with Gasteiger partial charge in [-0.05, 0) is 36.4 Å². The fourth-order valence-corrected chi connectivity index (χ4v) is 4.70. The number of aromatic nitrogens is 4. The molecule has 1 amide bonds. The van der Waals surface area contributed by atoms with Gasteiger partial charge in [0.05, 0.1) is 21.4 Å². The highest BCUT2D eigenvalue weighted by atomic mass is 35.5. The molecule has 0 aliphatic rings. The first-order valence-electron chi connectivity index (χ1n) is 10.5. The van der Waals surface area contributed by atoms with E-state index in [0.717, 1.165) is 22.2 Å². The monoisotopic (exact) mass is 538 g/mol. The second-order valence-corrected chi connectivity index (χ2v) is 9.41. The van der Waals surface area contributed by atoms with Crippen LogP contribution >= 0.6 is 35.0 Å². The molecule has 2 aromatic heterocycles. The first kappa shape index (κ1) is 23.9. The largest absolute Gasteiger partial charge is 0.360 e. The third kappa shape index (κ3) is 4.78. The molecule has 5 aromatic rings. The van der Waals surface area contributed by atoms with Gasteiger partial charge < -0.3 is 10.3 Å². The van der Waals surface area contributed by atoms with Crippen LogP contribution in [0.15, 0.2) is 78.1 Å². The maximum atomic E-state index is 12.7. The van der Waals surface area contributed by atoms with Crippen LogP contribution in [0.3, 0.4) is 0 Å². The van der Waals surface area contributed by atoms with E-state index in [2.05, 4.69) is 20.5 Å². The first-order chi connectivity index (χ1) is 17.4. The molecule has 0 unspecified atom stereocenters. The van der Waals surface area contributed by atoms with Crippen LogP contribution in [0.5, 0.6) is 0 Å². The summed E-state index contributed by atoms with van der Waals surface area (Å²) in [4.78, 5) is 26.4. The number of hydrogen-bond donors (Lipinski definition) is 2. The molecule has 2 heterocycles. The van der Waals surface area contributed by atoms with Crippen LogP contribution in [0.2, 0.25) is 10.0 Å². The summed E-state index contributed by atoms with van der Waals surface area (Å²) < 4.78 is 1.85. The molecular weight excluding hydrogens is 523 g/mol. The number of para-hydroxylation sites is 1. The Morgan fingerprint density at radius 3 is 2.64 bits per heavy atom. The van der Waals surface area contributed by atoms with Crippen LogP contribution in [-0.4, -0.2) is 36.3 Å². The standard InChI is InChI=1S/C24H16Cl2N6O3S/c25-14-5-7-15(8-6-14)31-23(18-12-27-20-4-2-1-3-17(18)20)29-30-24(31)36-13-22(33)28-21-11-16(32(34)35)9-10-19(21)26/h1-12,27H,13H2,(H,28,33). The number of halogens is 2. The van der Waals surface area contributed by atoms with Crippen LogP contribution < -0.4 is 5.32 Å². The third-order valence-corrected chi connectivity index (χ3v) is 6.83. The van der Waals surface area contributed by atoms with Crippen LogP contribution in [0.25, 0.3) is 28.0 Å². The SMILES string of the molecule is O=C(CSc1nnc(-c2c[nH]c3ccccc23)n1-c1ccc(Cl)cc1)Nc1cc([N+](=O)[O-])ccc1Cl. The van der Waals surface area contributed by atoms with Crippen molar-refractivity contribution in [3.8, 4) is 17.1 Å². The molecule has 0 spiro atoms. The number of carbonyl (C=O) groups is 1. The highest BCUT2D eigenvalue weighted by molar-refractivity contribution is 7.99. The molecule has 12 heteroatoms. The van der Waals surface area contributed by atoms with E-state index in [9.17, 15) is 14.9 Å². The number of nitro benzene ring substituents is 1. The highest BCUT2D eigenvalue weighted by Gasteiger charge is 2.20. The zero-order chi connectivity index (χ0) is 25.2. The number of aromatic amines is 1. The van der Waals surface area contributed by atoms with E-state index in [0.29, 0.717) is 16.0 Å². The van der Waals surface area contributed by atoms with Crippen molar-refractivity contribution in [2.24, 2.45) is 0 Å². The minimum Gasteiger partial charge on any atom is -0.360 e. The summed E-state index contributed by atoms with van der Waals surface area (Å²) in [5.41, 5.74) is 2.57. The van der Waals surface area contributed by atoms with Gasteiger partial charge in [-0.3, -0.25) is 19.5 Å². The van der Waals surface area contributed by atoms with E-state index in [-0.39, 0.29) is 22.2 Å². The summed E-state index contributed by atoms with van der Waals surface area (Å²) in [6, 6.07) is 18.9. The Kier molecular flexibility index (Phi) is 6.64. The first-order valence-corrected chi connectivity index (χ1v) is 12.3. The van der Waals surface area contributed by atoms with Crippen LogP contribution in [-0.2, 0) is 4.79 Å². The molecule has 2 N–H and O–H groups in total. The van der Waals surface area contributed by atoms with Gasteiger partial charge in [-0.15, -0.1) is 10.2 Å². The Morgan fingerprint density at radius 1 is 1.08 bits per heavy atom. The number of thioether (sulfide) groups is 1. The van der Waals surface area contributed by atoms with E-state index >= 15 is 0 Å². The summed E-state index contributed by atoms with van der Waals surface area (Å²) in [6.07, 6.45) is 1.87. The number of nitro groups is 1. The van der Waals surface area contributed by atoms with Crippen LogP contribution in [0.4, 0.5) is 11.4 Å². The summed E-state index contributed by atoms with van der Waals surface area (Å²) in [5, 5.41) is 24.7. The molecule has 5 rings (SSSR count). The van der Waals surface area contributed by atoms with Crippen LogP contribution in [0, 0.1) is 10.1 Å². The number of rotatable bonds is 7. The molecule has 9 nitrogen and oxygen atoms in total. The summed E-state index contributed by atoms with van der Waals surface area (Å²) in [6.45, 7) is 0. The average Bonchev–Trinajstić information content (AvgIpc) is 3.48. The molecule has 0 radical (unpaired) electrons. The minimum atomic E-state index is -0.554. The van der Waals surface area contributed by atoms with Gasteiger partial charge in [0, 0.05) is 45.5 Å². The minimum absolute atomic E-state index is 0.0291. The lowest BCUT2D eigenvalue weighted by Crippen LogP contribution is -2.15. The molecule has 0 aliphatic heterocycles. The number of benzene rings is 3. The van der Waals surface area contributed by atoms with Gasteiger partial charge >= 0.3 is 0 Å². The van der Waals surface area contributed by atoms with Crippen LogP contribution in [0.1, 0.15) is 0 Å². The summed E-state index contributed by atoms with van der Waals surface area (Å²) in [5.74, 6) is 0.166. The lowest BCUT2D eigenvalue weighted by atomic mass is 10.1. The number of amides is 1. The van der Waals surface area contributed by atoms with Gasteiger partial charge in [0.2, 0.25) is 5.91 Å². The Balaban J connectivity index is 1.45. The quantitative estimate of drug-likeness (QED) is 0.141. The number of hydrogen-bond acceptors (Lipinski definition) is 6. The van der Waals surface area contributed by atoms with E-state index in [4.69, 9.17) is 23.2 Å². The van der Waals surface area contributed by atoms with Crippen molar-refractivity contribution in [2.75, 3.05) is 11.1 Å². The lowest BCUT2D eigenvalue weighted by Gasteiger charge is -2.11. The van der Waals surface area contributed by atoms with E-state index in [1.54, 1.807) is 12.1 Å². The van der Waals surface area contributed by atoms with Gasteiger partial charge in [-0.1, -0.05) is 53.2 Å². The second kappa shape index (κ2) is 10.0. The Hall–Kier alpha value is -3.86. The molecule has 0 atom stereocenters. The number of nitrogens with one attached hydrogen (secondary N) is 2. The molecule has 0 saturated carbocycles. The van der Waals surface area contributed by atoms with E-state index in [1.807, 2.05) is 47.2 Å². The van der Waals surface area contributed by atoms with Gasteiger partial charge in [0.15, 0.2) is 11.0 Å². The van der Waals surface area contributed by atoms with Crippen molar-refractivity contribution in [3.05, 3.63) is 93.1 Å². The predicted octanol–water partition coefficient (Wildman–Crippen LogP) is 6.36. The molecule has 0 fully saturated rings. The molecule has 180 valence electrons.